The number of benzene rings is 1. The molecule has 0 spiro atoms. The molecule has 1 aliphatic rings. The summed E-state index contributed by atoms with van der Waals surface area (Å²) in [6.45, 7) is 5.22. The molecular weight excluding hydrogens is 386 g/mol. The van der Waals surface area contributed by atoms with E-state index < -0.39 is 0 Å². The van der Waals surface area contributed by atoms with Gasteiger partial charge >= 0.3 is 0 Å². The van der Waals surface area contributed by atoms with Gasteiger partial charge in [0.15, 0.2) is 11.5 Å². The summed E-state index contributed by atoms with van der Waals surface area (Å²) in [5.74, 6) is 2.07. The Morgan fingerprint density at radius 2 is 2.03 bits per heavy atom. The van der Waals surface area contributed by atoms with Crippen LogP contribution in [-0.4, -0.2) is 59.2 Å². The lowest BCUT2D eigenvalue weighted by molar-refractivity contribution is -0.128. The Hall–Kier alpha value is -3.10. The molecule has 1 atom stereocenters. The van der Waals surface area contributed by atoms with Crippen molar-refractivity contribution in [2.24, 2.45) is 11.8 Å². The van der Waals surface area contributed by atoms with Crippen molar-refractivity contribution < 1.29 is 19.1 Å². The number of aromatic amines is 1. The predicted molar refractivity (Wildman–Crippen MR) is 111 cm³/mol. The standard InChI is InChI=1S/C21H29N5O4/c1-13(2)11-26-12-15(10-19(26)27)20(28)23-21-22-18(24-25-21)8-6-14-5-7-16(29-3)17(9-14)30-4/h5,7,9,13,15H,6,8,10-12H2,1-4H3,(H2,22,23,24,25,28)/t15-/m0/s1. The van der Waals surface area contributed by atoms with E-state index in [1.165, 1.54) is 0 Å². The van der Waals surface area contributed by atoms with Crippen LogP contribution in [0.15, 0.2) is 18.2 Å². The van der Waals surface area contributed by atoms with Crippen LogP contribution in [0.1, 0.15) is 31.7 Å². The van der Waals surface area contributed by atoms with Crippen molar-refractivity contribution in [3.63, 3.8) is 0 Å². The first kappa shape index (κ1) is 21.6. The molecule has 1 saturated heterocycles. The van der Waals surface area contributed by atoms with Crippen LogP contribution in [0.3, 0.4) is 0 Å². The molecule has 9 nitrogen and oxygen atoms in total. The number of ether oxygens (including phenoxy) is 2. The molecule has 0 radical (unpaired) electrons. The zero-order valence-corrected chi connectivity index (χ0v) is 17.9. The number of carbonyl (C=O) groups is 2. The molecule has 2 N–H and O–H groups in total. The van der Waals surface area contributed by atoms with Crippen LogP contribution in [0.5, 0.6) is 11.5 Å². The van der Waals surface area contributed by atoms with Gasteiger partial charge in [-0.25, -0.2) is 0 Å². The lowest BCUT2D eigenvalue weighted by Crippen LogP contribution is -2.31. The van der Waals surface area contributed by atoms with Gasteiger partial charge in [0.05, 0.1) is 20.1 Å². The number of rotatable bonds is 9. The number of aryl methyl sites for hydroxylation is 2. The number of hydrogen-bond donors (Lipinski definition) is 2. The zero-order valence-electron chi connectivity index (χ0n) is 17.9. The Labute approximate surface area is 176 Å². The highest BCUT2D eigenvalue weighted by Gasteiger charge is 2.34. The fourth-order valence-corrected chi connectivity index (χ4v) is 3.54. The minimum Gasteiger partial charge on any atom is -0.493 e. The van der Waals surface area contributed by atoms with Crippen LogP contribution in [-0.2, 0) is 22.4 Å². The molecule has 0 aliphatic carbocycles. The van der Waals surface area contributed by atoms with E-state index in [0.717, 1.165) is 12.0 Å². The number of nitrogens with zero attached hydrogens (tertiary/aromatic N) is 3. The van der Waals surface area contributed by atoms with Crippen LogP contribution in [0, 0.1) is 11.8 Å². The van der Waals surface area contributed by atoms with Gasteiger partial charge in [-0.05, 0) is 30.0 Å². The van der Waals surface area contributed by atoms with Gasteiger partial charge in [0.25, 0.3) is 0 Å². The smallest absolute Gasteiger partial charge is 0.248 e. The molecular formula is C21H29N5O4. The number of likely N-dealkylation sites (tertiary alicyclic amines) is 1. The first-order valence-electron chi connectivity index (χ1n) is 10.1. The van der Waals surface area contributed by atoms with Crippen molar-refractivity contribution in [1.82, 2.24) is 20.1 Å². The fraction of sp³-hybridized carbons (Fsp3) is 0.524. The summed E-state index contributed by atoms with van der Waals surface area (Å²) in [7, 11) is 3.21. The molecule has 0 unspecified atom stereocenters. The van der Waals surface area contributed by atoms with Crippen molar-refractivity contribution in [2.45, 2.75) is 33.1 Å². The molecule has 0 bridgehead atoms. The highest BCUT2D eigenvalue weighted by atomic mass is 16.5. The summed E-state index contributed by atoms with van der Waals surface area (Å²) in [4.78, 5) is 30.7. The molecule has 1 fully saturated rings. The first-order chi connectivity index (χ1) is 14.4. The summed E-state index contributed by atoms with van der Waals surface area (Å²) in [5, 5.41) is 9.66. The van der Waals surface area contributed by atoms with Gasteiger partial charge in [0.2, 0.25) is 17.8 Å². The third kappa shape index (κ3) is 5.28. The van der Waals surface area contributed by atoms with Gasteiger partial charge in [-0.2, -0.15) is 4.98 Å². The van der Waals surface area contributed by atoms with Gasteiger partial charge in [-0.3, -0.25) is 20.0 Å². The first-order valence-corrected chi connectivity index (χ1v) is 10.1. The molecule has 1 aromatic carbocycles. The number of nitrogens with one attached hydrogen (secondary N) is 2. The summed E-state index contributed by atoms with van der Waals surface area (Å²) in [6.07, 6.45) is 1.59. The lowest BCUT2D eigenvalue weighted by atomic mass is 10.1. The maximum Gasteiger partial charge on any atom is 0.248 e. The summed E-state index contributed by atoms with van der Waals surface area (Å²) in [6, 6.07) is 5.77. The molecule has 30 heavy (non-hydrogen) atoms. The highest BCUT2D eigenvalue weighted by Crippen LogP contribution is 2.28. The molecule has 2 amide bonds. The summed E-state index contributed by atoms with van der Waals surface area (Å²) < 4.78 is 10.6. The topological polar surface area (TPSA) is 109 Å². The number of carbonyl (C=O) groups excluding carboxylic acids is 2. The van der Waals surface area contributed by atoms with Crippen LogP contribution in [0.25, 0.3) is 0 Å². The van der Waals surface area contributed by atoms with Crippen molar-refractivity contribution in [1.29, 1.82) is 0 Å². The molecule has 2 heterocycles. The predicted octanol–water partition coefficient (Wildman–Crippen LogP) is 2.05. The third-order valence-corrected chi connectivity index (χ3v) is 5.04. The lowest BCUT2D eigenvalue weighted by Gasteiger charge is -2.18. The SMILES string of the molecule is COc1ccc(CCc2nc(NC(=O)[C@H]3CC(=O)N(CC(C)C)C3)n[nH]2)cc1OC. The molecule has 2 aromatic rings. The Morgan fingerprint density at radius 1 is 1.27 bits per heavy atom. The van der Waals surface area contributed by atoms with E-state index in [0.29, 0.717) is 42.8 Å². The van der Waals surface area contributed by atoms with E-state index >= 15 is 0 Å². The quantitative estimate of drug-likeness (QED) is 0.649. The van der Waals surface area contributed by atoms with Crippen molar-refractivity contribution >= 4 is 17.8 Å². The monoisotopic (exact) mass is 415 g/mol. The second-order valence-corrected chi connectivity index (χ2v) is 7.88. The number of amides is 2. The molecule has 0 saturated carbocycles. The van der Waals surface area contributed by atoms with Gasteiger partial charge in [0.1, 0.15) is 5.82 Å². The van der Waals surface area contributed by atoms with Gasteiger partial charge in [-0.1, -0.05) is 19.9 Å². The van der Waals surface area contributed by atoms with E-state index in [9.17, 15) is 9.59 Å². The Kier molecular flexibility index (Phi) is 6.91. The summed E-state index contributed by atoms with van der Waals surface area (Å²) in [5.41, 5.74) is 1.07. The Bertz CT molecular complexity index is 895. The van der Waals surface area contributed by atoms with Gasteiger partial charge < -0.3 is 14.4 Å². The van der Waals surface area contributed by atoms with E-state index in [-0.39, 0.29) is 30.1 Å². The van der Waals surface area contributed by atoms with Crippen molar-refractivity contribution in [3.05, 3.63) is 29.6 Å². The van der Waals surface area contributed by atoms with Crippen LogP contribution in [0.2, 0.25) is 0 Å². The Balaban J connectivity index is 1.53. The maximum absolute atomic E-state index is 12.5. The normalized spacial score (nSPS) is 16.2. The second kappa shape index (κ2) is 9.60. The molecule has 3 rings (SSSR count). The third-order valence-electron chi connectivity index (χ3n) is 5.04. The fourth-order valence-electron chi connectivity index (χ4n) is 3.54. The number of aromatic nitrogens is 3. The molecule has 9 heteroatoms. The largest absolute Gasteiger partial charge is 0.493 e. The highest BCUT2D eigenvalue weighted by molar-refractivity contribution is 5.96. The van der Waals surface area contributed by atoms with Crippen molar-refractivity contribution in [2.75, 3.05) is 32.6 Å². The zero-order chi connectivity index (χ0) is 21.7. The number of anilines is 1. The van der Waals surface area contributed by atoms with E-state index in [2.05, 4.69) is 34.3 Å². The average molecular weight is 415 g/mol. The average Bonchev–Trinajstić information content (AvgIpc) is 3.32. The van der Waals surface area contributed by atoms with Gasteiger partial charge in [0, 0.05) is 25.9 Å². The maximum atomic E-state index is 12.5. The van der Waals surface area contributed by atoms with E-state index in [1.54, 1.807) is 19.1 Å². The van der Waals surface area contributed by atoms with E-state index in [1.807, 2.05) is 18.2 Å². The Morgan fingerprint density at radius 3 is 2.73 bits per heavy atom. The molecule has 162 valence electrons. The number of methoxy groups -OCH3 is 2. The molecule has 1 aromatic heterocycles. The van der Waals surface area contributed by atoms with Gasteiger partial charge in [-0.15, -0.1) is 5.10 Å². The summed E-state index contributed by atoms with van der Waals surface area (Å²) >= 11 is 0. The van der Waals surface area contributed by atoms with Crippen LogP contribution >= 0.6 is 0 Å². The number of H-pyrrole nitrogens is 1. The number of hydrogen-bond acceptors (Lipinski definition) is 6. The molecule has 1 aliphatic heterocycles. The van der Waals surface area contributed by atoms with Crippen LogP contribution < -0.4 is 14.8 Å². The van der Waals surface area contributed by atoms with Crippen molar-refractivity contribution in [3.8, 4) is 11.5 Å². The van der Waals surface area contributed by atoms with E-state index in [4.69, 9.17) is 9.47 Å². The van der Waals surface area contributed by atoms with Crippen LogP contribution in [0.4, 0.5) is 5.95 Å². The minimum absolute atomic E-state index is 0.0226. The minimum atomic E-state index is -0.370. The second-order valence-electron chi connectivity index (χ2n) is 7.88.